The van der Waals surface area contributed by atoms with E-state index in [0.717, 1.165) is 0 Å². The van der Waals surface area contributed by atoms with Crippen LogP contribution in [0.3, 0.4) is 0 Å². The normalized spacial score (nSPS) is 16.6. The van der Waals surface area contributed by atoms with Crippen LogP contribution in [0, 0.1) is 0 Å². The Hall–Kier alpha value is -0.780. The molecule has 0 N–H and O–H groups in total. The summed E-state index contributed by atoms with van der Waals surface area (Å²) in [5.41, 5.74) is 4.69. The average Bonchev–Trinajstić information content (AvgIpc) is 2.30. The maximum atomic E-state index is 2.47. The molecule has 0 bridgehead atoms. The summed E-state index contributed by atoms with van der Waals surface area (Å²) in [7, 11) is 0. The molecule has 0 saturated carbocycles. The fourth-order valence-electron chi connectivity index (χ4n) is 2.33. The third-order valence-electron chi connectivity index (χ3n) is 3.43. The van der Waals surface area contributed by atoms with Crippen LogP contribution in [-0.2, 0) is 0 Å². The lowest BCUT2D eigenvalue weighted by molar-refractivity contribution is 0.675. The molecule has 1 aliphatic rings. The Morgan fingerprint density at radius 1 is 1.12 bits per heavy atom. The van der Waals surface area contributed by atoms with Gasteiger partial charge in [-0.25, -0.2) is 0 Å². The second-order valence-electron chi connectivity index (χ2n) is 5.52. The van der Waals surface area contributed by atoms with Crippen molar-refractivity contribution in [3.8, 4) is 0 Å². The molecule has 0 unspecified atom stereocenters. The molecule has 1 rings (SSSR count). The van der Waals surface area contributed by atoms with E-state index < -0.39 is 0 Å². The molecule has 17 heavy (non-hydrogen) atoms. The fraction of sp³-hybridized carbons (Fsp3) is 0.647. The molecule has 0 aromatic heterocycles. The Morgan fingerprint density at radius 3 is 2.59 bits per heavy atom. The highest BCUT2D eigenvalue weighted by molar-refractivity contribution is 5.08. The summed E-state index contributed by atoms with van der Waals surface area (Å²) < 4.78 is 0. The summed E-state index contributed by atoms with van der Waals surface area (Å²) in [6.07, 6.45) is 17.7. The second kappa shape index (κ2) is 8.33. The van der Waals surface area contributed by atoms with Crippen LogP contribution in [0.15, 0.2) is 34.9 Å². The van der Waals surface area contributed by atoms with Gasteiger partial charge in [-0.15, -0.1) is 0 Å². The van der Waals surface area contributed by atoms with Gasteiger partial charge in [-0.05, 0) is 72.1 Å². The minimum atomic E-state index is 1.20. The summed E-state index contributed by atoms with van der Waals surface area (Å²) in [5, 5.41) is 0. The van der Waals surface area contributed by atoms with Crippen molar-refractivity contribution in [2.24, 2.45) is 0 Å². The largest absolute Gasteiger partial charge is 0.0856 e. The summed E-state index contributed by atoms with van der Waals surface area (Å²) >= 11 is 0. The molecular formula is C17H28. The predicted octanol–water partition coefficient (Wildman–Crippen LogP) is 5.96. The molecule has 96 valence electrons. The van der Waals surface area contributed by atoms with Crippen LogP contribution in [0.25, 0.3) is 0 Å². The first-order valence-corrected chi connectivity index (χ1v) is 7.15. The van der Waals surface area contributed by atoms with Crippen molar-refractivity contribution < 1.29 is 0 Å². The highest BCUT2D eigenvalue weighted by Crippen LogP contribution is 2.21. The van der Waals surface area contributed by atoms with Gasteiger partial charge in [0.25, 0.3) is 0 Å². The average molecular weight is 232 g/mol. The van der Waals surface area contributed by atoms with Crippen LogP contribution in [-0.4, -0.2) is 0 Å². The maximum Gasteiger partial charge on any atom is -0.0285 e. The van der Waals surface area contributed by atoms with E-state index in [-0.39, 0.29) is 0 Å². The third-order valence-corrected chi connectivity index (χ3v) is 3.43. The molecule has 1 aliphatic carbocycles. The van der Waals surface area contributed by atoms with E-state index in [0.29, 0.717) is 0 Å². The van der Waals surface area contributed by atoms with Crippen LogP contribution < -0.4 is 0 Å². The second-order valence-corrected chi connectivity index (χ2v) is 5.52. The van der Waals surface area contributed by atoms with E-state index in [1.165, 1.54) is 56.9 Å². The van der Waals surface area contributed by atoms with E-state index in [2.05, 4.69) is 39.0 Å². The van der Waals surface area contributed by atoms with Crippen molar-refractivity contribution >= 4 is 0 Å². The molecule has 0 amide bonds. The van der Waals surface area contributed by atoms with E-state index in [1.54, 1.807) is 11.1 Å². The first kappa shape index (κ1) is 14.3. The van der Waals surface area contributed by atoms with Gasteiger partial charge in [-0.2, -0.15) is 0 Å². The topological polar surface area (TPSA) is 0 Å². The maximum absolute atomic E-state index is 2.47. The van der Waals surface area contributed by atoms with Crippen molar-refractivity contribution in [2.75, 3.05) is 0 Å². The Bertz CT molecular complexity index is 298. The molecule has 0 radical (unpaired) electrons. The van der Waals surface area contributed by atoms with Gasteiger partial charge in [0, 0.05) is 0 Å². The fourth-order valence-corrected chi connectivity index (χ4v) is 2.33. The summed E-state index contributed by atoms with van der Waals surface area (Å²) in [6, 6.07) is 0. The van der Waals surface area contributed by atoms with Crippen molar-refractivity contribution in [3.05, 3.63) is 34.9 Å². The molecule has 0 aromatic carbocycles. The number of hydrogen-bond acceptors (Lipinski definition) is 0. The van der Waals surface area contributed by atoms with Crippen LogP contribution in [0.1, 0.15) is 72.1 Å². The number of hydrogen-bond donors (Lipinski definition) is 0. The summed E-state index contributed by atoms with van der Waals surface area (Å²) in [6.45, 7) is 6.62. The van der Waals surface area contributed by atoms with Gasteiger partial charge in [0.15, 0.2) is 0 Å². The minimum Gasteiger partial charge on any atom is -0.0856 e. The van der Waals surface area contributed by atoms with Gasteiger partial charge >= 0.3 is 0 Å². The zero-order valence-electron chi connectivity index (χ0n) is 11.9. The Morgan fingerprint density at radius 2 is 1.94 bits per heavy atom. The van der Waals surface area contributed by atoms with Crippen LogP contribution >= 0.6 is 0 Å². The van der Waals surface area contributed by atoms with Crippen molar-refractivity contribution in [1.82, 2.24) is 0 Å². The first-order chi connectivity index (χ1) is 8.18. The molecule has 0 nitrogen and oxygen atoms in total. The number of rotatable bonds is 6. The Labute approximate surface area is 108 Å². The molecule has 0 aromatic rings. The van der Waals surface area contributed by atoms with E-state index >= 15 is 0 Å². The van der Waals surface area contributed by atoms with Gasteiger partial charge in [0.2, 0.25) is 0 Å². The molecule has 0 spiro atoms. The smallest absolute Gasteiger partial charge is 0.0285 e. The molecular weight excluding hydrogens is 204 g/mol. The van der Waals surface area contributed by atoms with Crippen LogP contribution in [0.5, 0.6) is 0 Å². The molecule has 0 saturated heterocycles. The predicted molar refractivity (Wildman–Crippen MR) is 78.2 cm³/mol. The van der Waals surface area contributed by atoms with Gasteiger partial charge in [0.1, 0.15) is 0 Å². The monoisotopic (exact) mass is 232 g/mol. The minimum absolute atomic E-state index is 1.20. The van der Waals surface area contributed by atoms with E-state index in [9.17, 15) is 0 Å². The molecule has 0 aliphatic heterocycles. The van der Waals surface area contributed by atoms with Gasteiger partial charge < -0.3 is 0 Å². The van der Waals surface area contributed by atoms with Gasteiger partial charge in [-0.3, -0.25) is 0 Å². The van der Waals surface area contributed by atoms with Crippen LogP contribution in [0.4, 0.5) is 0 Å². The van der Waals surface area contributed by atoms with Crippen LogP contribution in [0.2, 0.25) is 0 Å². The zero-order chi connectivity index (χ0) is 12.5. The lowest BCUT2D eigenvalue weighted by Crippen LogP contribution is -1.91. The lowest BCUT2D eigenvalue weighted by Gasteiger charge is -2.11. The van der Waals surface area contributed by atoms with Gasteiger partial charge in [0.05, 0.1) is 0 Å². The summed E-state index contributed by atoms with van der Waals surface area (Å²) in [4.78, 5) is 0. The van der Waals surface area contributed by atoms with Crippen molar-refractivity contribution in [1.29, 1.82) is 0 Å². The van der Waals surface area contributed by atoms with Crippen molar-refractivity contribution in [2.45, 2.75) is 72.1 Å². The number of allylic oxidation sites excluding steroid dienone is 6. The van der Waals surface area contributed by atoms with E-state index in [1.807, 2.05) is 0 Å². The molecule has 0 fully saturated rings. The standard InChI is InChI=1S/C17H28/c1-15(2)9-7-10-16(3)11-8-14-17-12-5-4-6-13-17/h9,11-12H,4-8,10,13-14H2,1-3H3. The molecule has 0 atom stereocenters. The third kappa shape index (κ3) is 7.20. The highest BCUT2D eigenvalue weighted by Gasteiger charge is 2.02. The van der Waals surface area contributed by atoms with Gasteiger partial charge in [-0.1, -0.05) is 34.9 Å². The first-order valence-electron chi connectivity index (χ1n) is 7.15. The summed E-state index contributed by atoms with van der Waals surface area (Å²) in [5.74, 6) is 0. The lowest BCUT2D eigenvalue weighted by atomic mass is 9.95. The zero-order valence-corrected chi connectivity index (χ0v) is 11.9. The Kier molecular flexibility index (Phi) is 7.00. The van der Waals surface area contributed by atoms with Crippen molar-refractivity contribution in [3.63, 3.8) is 0 Å². The highest BCUT2D eigenvalue weighted by atomic mass is 14.1. The Balaban J connectivity index is 2.18. The van der Waals surface area contributed by atoms with E-state index in [4.69, 9.17) is 0 Å². The molecule has 0 heteroatoms. The SMILES string of the molecule is CC(C)=CCCC(C)=CCCC1=CCCCC1. The molecule has 0 heterocycles. The quantitative estimate of drug-likeness (QED) is 0.496.